The van der Waals surface area contributed by atoms with Gasteiger partial charge in [-0.2, -0.15) is 0 Å². The Hall–Kier alpha value is -0.610. The lowest BCUT2D eigenvalue weighted by Crippen LogP contribution is -2.29. The SMILES string of the molecule is COc1cc(F)c(Br)cc1C(C)(C)CCNC(C)C. The van der Waals surface area contributed by atoms with E-state index in [0.717, 1.165) is 18.5 Å². The quantitative estimate of drug-likeness (QED) is 0.840. The maximum atomic E-state index is 13.6. The first-order valence-electron chi connectivity index (χ1n) is 6.55. The Labute approximate surface area is 123 Å². The van der Waals surface area contributed by atoms with Gasteiger partial charge in [0, 0.05) is 17.7 Å². The molecule has 0 unspecified atom stereocenters. The largest absolute Gasteiger partial charge is 0.496 e. The fourth-order valence-corrected chi connectivity index (χ4v) is 2.38. The van der Waals surface area contributed by atoms with Crippen LogP contribution in [0.4, 0.5) is 4.39 Å². The second kappa shape index (κ2) is 6.71. The molecule has 0 saturated heterocycles. The summed E-state index contributed by atoms with van der Waals surface area (Å²) in [7, 11) is 1.58. The van der Waals surface area contributed by atoms with Crippen LogP contribution in [-0.2, 0) is 5.41 Å². The third kappa shape index (κ3) is 4.46. The van der Waals surface area contributed by atoms with Crippen molar-refractivity contribution < 1.29 is 9.13 Å². The molecule has 1 aromatic rings. The van der Waals surface area contributed by atoms with Crippen molar-refractivity contribution in [1.29, 1.82) is 0 Å². The average Bonchev–Trinajstić information content (AvgIpc) is 2.31. The normalized spacial score (nSPS) is 12.0. The summed E-state index contributed by atoms with van der Waals surface area (Å²) in [5.74, 6) is 0.312. The lowest BCUT2D eigenvalue weighted by molar-refractivity contribution is 0.376. The van der Waals surface area contributed by atoms with Crippen LogP contribution in [0.2, 0.25) is 0 Å². The van der Waals surface area contributed by atoms with Crippen LogP contribution < -0.4 is 10.1 Å². The summed E-state index contributed by atoms with van der Waals surface area (Å²) < 4.78 is 19.3. The molecule has 1 aromatic carbocycles. The van der Waals surface area contributed by atoms with Crippen LogP contribution in [0.5, 0.6) is 5.75 Å². The summed E-state index contributed by atoms with van der Waals surface area (Å²) in [5.41, 5.74) is 0.942. The Morgan fingerprint density at radius 2 is 2.00 bits per heavy atom. The molecule has 0 aliphatic heterocycles. The third-order valence-electron chi connectivity index (χ3n) is 3.27. The van der Waals surface area contributed by atoms with E-state index in [9.17, 15) is 4.39 Å². The van der Waals surface area contributed by atoms with Crippen molar-refractivity contribution in [1.82, 2.24) is 5.32 Å². The van der Waals surface area contributed by atoms with Crippen LogP contribution in [0, 0.1) is 5.82 Å². The molecular formula is C15H23BrFNO. The highest BCUT2D eigenvalue weighted by Gasteiger charge is 2.25. The van der Waals surface area contributed by atoms with Crippen molar-refractivity contribution in [2.24, 2.45) is 0 Å². The topological polar surface area (TPSA) is 21.3 Å². The number of halogens is 2. The van der Waals surface area contributed by atoms with E-state index in [4.69, 9.17) is 4.74 Å². The zero-order valence-electron chi connectivity index (χ0n) is 12.3. The zero-order valence-corrected chi connectivity index (χ0v) is 13.9. The number of ether oxygens (including phenoxy) is 1. The molecule has 0 spiro atoms. The molecule has 108 valence electrons. The van der Waals surface area contributed by atoms with Crippen molar-refractivity contribution in [3.05, 3.63) is 28.0 Å². The molecule has 0 amide bonds. The summed E-state index contributed by atoms with van der Waals surface area (Å²) in [6.07, 6.45) is 0.958. The van der Waals surface area contributed by atoms with Gasteiger partial charge in [-0.05, 0) is 40.4 Å². The summed E-state index contributed by atoms with van der Waals surface area (Å²) in [4.78, 5) is 0. The van der Waals surface area contributed by atoms with Gasteiger partial charge in [-0.25, -0.2) is 4.39 Å². The Morgan fingerprint density at radius 3 is 2.53 bits per heavy atom. The van der Waals surface area contributed by atoms with E-state index >= 15 is 0 Å². The highest BCUT2D eigenvalue weighted by atomic mass is 79.9. The number of nitrogens with one attached hydrogen (secondary N) is 1. The fourth-order valence-electron chi connectivity index (χ4n) is 2.03. The molecule has 0 fully saturated rings. The van der Waals surface area contributed by atoms with Gasteiger partial charge in [-0.3, -0.25) is 0 Å². The number of methoxy groups -OCH3 is 1. The number of rotatable bonds is 6. The molecule has 0 radical (unpaired) electrons. The Morgan fingerprint density at radius 1 is 1.37 bits per heavy atom. The average molecular weight is 332 g/mol. The van der Waals surface area contributed by atoms with E-state index in [1.54, 1.807) is 7.11 Å². The molecule has 0 heterocycles. The first-order valence-corrected chi connectivity index (χ1v) is 7.34. The van der Waals surface area contributed by atoms with Gasteiger partial charge in [0.1, 0.15) is 11.6 Å². The van der Waals surface area contributed by atoms with E-state index in [2.05, 4.69) is 48.9 Å². The molecule has 0 aromatic heterocycles. The Bertz CT molecular complexity index is 432. The first kappa shape index (κ1) is 16.4. The summed E-state index contributed by atoms with van der Waals surface area (Å²) in [5, 5.41) is 3.41. The molecule has 0 aliphatic rings. The van der Waals surface area contributed by atoms with Gasteiger partial charge in [0.2, 0.25) is 0 Å². The monoisotopic (exact) mass is 331 g/mol. The van der Waals surface area contributed by atoms with Gasteiger partial charge in [0.25, 0.3) is 0 Å². The zero-order chi connectivity index (χ0) is 14.6. The minimum Gasteiger partial charge on any atom is -0.496 e. The minimum atomic E-state index is -0.295. The van der Waals surface area contributed by atoms with E-state index < -0.39 is 0 Å². The third-order valence-corrected chi connectivity index (χ3v) is 3.88. The lowest BCUT2D eigenvalue weighted by Gasteiger charge is -2.28. The summed E-state index contributed by atoms with van der Waals surface area (Å²) >= 11 is 3.25. The standard InChI is InChI=1S/C15H23BrFNO/c1-10(2)18-7-6-15(3,4)11-8-12(16)13(17)9-14(11)19-5/h8-10,18H,6-7H2,1-5H3. The van der Waals surface area contributed by atoms with Gasteiger partial charge < -0.3 is 10.1 Å². The van der Waals surface area contributed by atoms with Crippen molar-refractivity contribution in [2.75, 3.05) is 13.7 Å². The van der Waals surface area contributed by atoms with Crippen LogP contribution >= 0.6 is 15.9 Å². The lowest BCUT2D eigenvalue weighted by atomic mass is 9.81. The molecule has 19 heavy (non-hydrogen) atoms. The van der Waals surface area contributed by atoms with Gasteiger partial charge in [0.05, 0.1) is 11.6 Å². The molecule has 0 saturated carbocycles. The van der Waals surface area contributed by atoms with E-state index in [1.807, 2.05) is 6.07 Å². The van der Waals surface area contributed by atoms with Crippen LogP contribution in [0.1, 0.15) is 39.7 Å². The summed E-state index contributed by atoms with van der Waals surface area (Å²) in [6.45, 7) is 9.47. The van der Waals surface area contributed by atoms with Crippen molar-refractivity contribution in [2.45, 2.75) is 45.6 Å². The van der Waals surface area contributed by atoms with Crippen molar-refractivity contribution in [3.8, 4) is 5.75 Å². The molecule has 4 heteroatoms. The molecule has 2 nitrogen and oxygen atoms in total. The van der Waals surface area contributed by atoms with Gasteiger partial charge in [-0.1, -0.05) is 27.7 Å². The number of hydrogen-bond donors (Lipinski definition) is 1. The van der Waals surface area contributed by atoms with Crippen LogP contribution in [0.25, 0.3) is 0 Å². The first-order chi connectivity index (χ1) is 8.77. The van der Waals surface area contributed by atoms with Crippen LogP contribution in [-0.4, -0.2) is 19.7 Å². The highest BCUT2D eigenvalue weighted by Crippen LogP contribution is 2.37. The van der Waals surface area contributed by atoms with Crippen LogP contribution in [0.15, 0.2) is 16.6 Å². The number of hydrogen-bond acceptors (Lipinski definition) is 2. The smallest absolute Gasteiger partial charge is 0.141 e. The van der Waals surface area contributed by atoms with Gasteiger partial charge in [0.15, 0.2) is 0 Å². The molecule has 0 bridgehead atoms. The Balaban J connectivity index is 2.96. The summed E-state index contributed by atoms with van der Waals surface area (Å²) in [6, 6.07) is 3.73. The van der Waals surface area contributed by atoms with Gasteiger partial charge >= 0.3 is 0 Å². The van der Waals surface area contributed by atoms with E-state index in [1.165, 1.54) is 6.07 Å². The van der Waals surface area contributed by atoms with E-state index in [0.29, 0.717) is 16.3 Å². The minimum absolute atomic E-state index is 0.0799. The molecule has 0 aliphatic carbocycles. The Kier molecular flexibility index (Phi) is 5.81. The molecular weight excluding hydrogens is 309 g/mol. The van der Waals surface area contributed by atoms with Gasteiger partial charge in [-0.15, -0.1) is 0 Å². The molecule has 0 atom stereocenters. The second-order valence-corrected chi connectivity index (χ2v) is 6.56. The predicted octanol–water partition coefficient (Wildman–Crippen LogP) is 4.26. The number of benzene rings is 1. The van der Waals surface area contributed by atoms with Crippen molar-refractivity contribution >= 4 is 15.9 Å². The fraction of sp³-hybridized carbons (Fsp3) is 0.600. The second-order valence-electron chi connectivity index (χ2n) is 5.71. The van der Waals surface area contributed by atoms with Crippen molar-refractivity contribution in [3.63, 3.8) is 0 Å². The molecule has 1 rings (SSSR count). The van der Waals surface area contributed by atoms with Crippen LogP contribution in [0.3, 0.4) is 0 Å². The predicted molar refractivity (Wildman–Crippen MR) is 81.4 cm³/mol. The van der Waals surface area contributed by atoms with E-state index in [-0.39, 0.29) is 11.2 Å². The maximum absolute atomic E-state index is 13.6. The molecule has 1 N–H and O–H groups in total. The highest BCUT2D eigenvalue weighted by molar-refractivity contribution is 9.10. The maximum Gasteiger partial charge on any atom is 0.141 e.